The molecule has 2 aromatic rings. The Morgan fingerprint density at radius 3 is 2.52 bits per heavy atom. The summed E-state index contributed by atoms with van der Waals surface area (Å²) in [6.45, 7) is 7.18. The number of halogens is 3. The molecule has 1 atom stereocenters. The molecule has 0 fully saturated rings. The summed E-state index contributed by atoms with van der Waals surface area (Å²) in [7, 11) is 0. The number of carbonyl (C=O) groups is 1. The van der Waals surface area contributed by atoms with Gasteiger partial charge in [-0.1, -0.05) is 24.2 Å². The fourth-order valence-corrected chi connectivity index (χ4v) is 2.82. The zero-order valence-corrected chi connectivity index (χ0v) is 16.5. The number of nitrogens with zero attached hydrogens (tertiary/aromatic N) is 3. The average Bonchev–Trinajstić information content (AvgIpc) is 3.18. The van der Waals surface area contributed by atoms with Gasteiger partial charge >= 0.3 is 12.1 Å². The zero-order chi connectivity index (χ0) is 21.4. The molecule has 1 aromatic heterocycles. The van der Waals surface area contributed by atoms with Gasteiger partial charge in [-0.3, -0.25) is 4.79 Å². The van der Waals surface area contributed by atoms with Crippen molar-refractivity contribution in [3.63, 3.8) is 0 Å². The second-order valence-corrected chi connectivity index (χ2v) is 6.76. The summed E-state index contributed by atoms with van der Waals surface area (Å²) in [5, 5.41) is 6.26. The molecule has 0 saturated heterocycles. The molecule has 10 heteroatoms. The van der Waals surface area contributed by atoms with Crippen LogP contribution in [-0.4, -0.2) is 53.2 Å². The van der Waals surface area contributed by atoms with E-state index in [9.17, 15) is 18.0 Å². The van der Waals surface area contributed by atoms with Gasteiger partial charge in [-0.2, -0.15) is 18.2 Å². The Hall–Kier alpha value is -2.46. The third kappa shape index (κ3) is 6.82. The minimum absolute atomic E-state index is 0.0634. The van der Waals surface area contributed by atoms with Crippen LogP contribution in [0.5, 0.6) is 0 Å². The number of unbranched alkanes of at least 4 members (excludes halogenated alkanes) is 1. The summed E-state index contributed by atoms with van der Waals surface area (Å²) in [5.41, 5.74) is 6.24. The van der Waals surface area contributed by atoms with Crippen LogP contribution < -0.4 is 11.1 Å². The predicted octanol–water partition coefficient (Wildman–Crippen LogP) is 2.93. The molecule has 3 N–H and O–H groups in total. The minimum Gasteiger partial charge on any atom is -0.348 e. The molecule has 1 amide bonds. The zero-order valence-electron chi connectivity index (χ0n) is 16.5. The van der Waals surface area contributed by atoms with Gasteiger partial charge in [0.2, 0.25) is 5.82 Å². The second kappa shape index (κ2) is 10.4. The van der Waals surface area contributed by atoms with Gasteiger partial charge in [0.15, 0.2) is 0 Å². The molecule has 0 aliphatic heterocycles. The van der Waals surface area contributed by atoms with E-state index in [1.54, 1.807) is 0 Å². The van der Waals surface area contributed by atoms with Gasteiger partial charge in [0.25, 0.3) is 5.91 Å². The van der Waals surface area contributed by atoms with Crippen LogP contribution in [0.1, 0.15) is 42.9 Å². The van der Waals surface area contributed by atoms with E-state index >= 15 is 0 Å². The maximum absolute atomic E-state index is 12.6. The lowest BCUT2D eigenvalue weighted by Gasteiger charge is -2.25. The Morgan fingerprint density at radius 1 is 1.28 bits per heavy atom. The van der Waals surface area contributed by atoms with E-state index in [1.165, 1.54) is 24.3 Å². The number of likely N-dealkylation sites (N-methyl/N-ethyl adjacent to an activating group) is 1. The smallest absolute Gasteiger partial charge is 0.348 e. The number of aromatic nitrogens is 2. The first kappa shape index (κ1) is 22.8. The summed E-state index contributed by atoms with van der Waals surface area (Å²) >= 11 is 0. The molecule has 0 bridgehead atoms. The summed E-state index contributed by atoms with van der Waals surface area (Å²) < 4.78 is 41.9. The molecule has 2 rings (SSSR count). The molecular weight excluding hydrogens is 387 g/mol. The third-order valence-electron chi connectivity index (χ3n) is 4.36. The van der Waals surface area contributed by atoms with Crippen LogP contribution in [0.15, 0.2) is 28.8 Å². The highest BCUT2D eigenvalue weighted by molar-refractivity contribution is 5.94. The average molecular weight is 413 g/mol. The number of amides is 1. The van der Waals surface area contributed by atoms with Gasteiger partial charge in [-0.05, 0) is 51.5 Å². The molecule has 29 heavy (non-hydrogen) atoms. The largest absolute Gasteiger partial charge is 0.471 e. The monoisotopic (exact) mass is 413 g/mol. The Kier molecular flexibility index (Phi) is 8.15. The van der Waals surface area contributed by atoms with Crippen molar-refractivity contribution < 1.29 is 22.5 Å². The number of hydrogen-bond donors (Lipinski definition) is 2. The number of alkyl halides is 3. The number of benzene rings is 1. The first-order chi connectivity index (χ1) is 13.7. The van der Waals surface area contributed by atoms with Gasteiger partial charge in [0, 0.05) is 23.7 Å². The van der Waals surface area contributed by atoms with E-state index in [0.29, 0.717) is 24.2 Å². The molecule has 0 aliphatic rings. The summed E-state index contributed by atoms with van der Waals surface area (Å²) in [6.07, 6.45) is -2.72. The van der Waals surface area contributed by atoms with Crippen molar-refractivity contribution in [3.8, 4) is 11.4 Å². The van der Waals surface area contributed by atoms with Gasteiger partial charge in [-0.15, -0.1) is 0 Å². The van der Waals surface area contributed by atoms with Gasteiger partial charge < -0.3 is 20.5 Å². The lowest BCUT2D eigenvalue weighted by atomic mass is 10.1. The van der Waals surface area contributed by atoms with Crippen LogP contribution in [-0.2, 0) is 6.18 Å². The molecule has 1 heterocycles. The second-order valence-electron chi connectivity index (χ2n) is 6.76. The fourth-order valence-electron chi connectivity index (χ4n) is 2.82. The summed E-state index contributed by atoms with van der Waals surface area (Å²) in [5.74, 6) is -1.85. The minimum atomic E-state index is -4.70. The predicted molar refractivity (Wildman–Crippen MR) is 102 cm³/mol. The topological polar surface area (TPSA) is 97.3 Å². The lowest BCUT2D eigenvalue weighted by Crippen LogP contribution is -2.42. The molecule has 160 valence electrons. The molecule has 0 aliphatic carbocycles. The van der Waals surface area contributed by atoms with E-state index in [2.05, 4.69) is 31.8 Å². The quantitative estimate of drug-likeness (QED) is 0.582. The van der Waals surface area contributed by atoms with Crippen molar-refractivity contribution in [2.45, 2.75) is 38.9 Å². The van der Waals surface area contributed by atoms with E-state index in [1.807, 2.05) is 6.92 Å². The van der Waals surface area contributed by atoms with Crippen LogP contribution in [0.4, 0.5) is 13.2 Å². The Labute approximate surface area is 167 Å². The van der Waals surface area contributed by atoms with Crippen molar-refractivity contribution in [2.24, 2.45) is 5.73 Å². The SMILES string of the molecule is CCN(CCCCN)CC(C)NC(=O)c1ccc(-c2noc(C(F)(F)F)n2)cc1. The van der Waals surface area contributed by atoms with Crippen LogP contribution >= 0.6 is 0 Å². The van der Waals surface area contributed by atoms with E-state index < -0.39 is 12.1 Å². The molecule has 7 nitrogen and oxygen atoms in total. The van der Waals surface area contributed by atoms with E-state index in [4.69, 9.17) is 5.73 Å². The van der Waals surface area contributed by atoms with Crippen molar-refractivity contribution in [1.29, 1.82) is 0 Å². The maximum Gasteiger partial charge on any atom is 0.471 e. The summed E-state index contributed by atoms with van der Waals surface area (Å²) in [6, 6.07) is 5.93. The molecule has 1 unspecified atom stereocenters. The van der Waals surface area contributed by atoms with Gasteiger partial charge in [0.05, 0.1) is 0 Å². The highest BCUT2D eigenvalue weighted by Gasteiger charge is 2.38. The fraction of sp³-hybridized carbons (Fsp3) is 0.526. The number of carbonyl (C=O) groups excluding carboxylic acids is 1. The van der Waals surface area contributed by atoms with Crippen LogP contribution in [0, 0.1) is 0 Å². The van der Waals surface area contributed by atoms with Crippen LogP contribution in [0.25, 0.3) is 11.4 Å². The van der Waals surface area contributed by atoms with E-state index in [0.717, 1.165) is 25.9 Å². The maximum atomic E-state index is 12.6. The van der Waals surface area contributed by atoms with Crippen LogP contribution in [0.3, 0.4) is 0 Å². The third-order valence-corrected chi connectivity index (χ3v) is 4.36. The Morgan fingerprint density at radius 2 is 1.97 bits per heavy atom. The number of nitrogens with two attached hydrogens (primary N) is 1. The number of nitrogens with one attached hydrogen (secondary N) is 1. The first-order valence-corrected chi connectivity index (χ1v) is 9.49. The number of rotatable bonds is 10. The van der Waals surface area contributed by atoms with Crippen molar-refractivity contribution in [1.82, 2.24) is 20.4 Å². The first-order valence-electron chi connectivity index (χ1n) is 9.49. The number of hydrogen-bond acceptors (Lipinski definition) is 6. The van der Waals surface area contributed by atoms with Gasteiger partial charge in [-0.25, -0.2) is 0 Å². The molecule has 1 aromatic carbocycles. The van der Waals surface area contributed by atoms with E-state index in [-0.39, 0.29) is 17.8 Å². The van der Waals surface area contributed by atoms with Crippen molar-refractivity contribution in [3.05, 3.63) is 35.7 Å². The van der Waals surface area contributed by atoms with Gasteiger partial charge in [0.1, 0.15) is 0 Å². The standard InChI is InChI=1S/C19H26F3N5O2/c1-3-27(11-5-4-10-23)12-13(2)24-17(28)15-8-6-14(7-9-15)16-25-18(29-26-16)19(20,21)22/h6-9,13H,3-5,10-12,23H2,1-2H3,(H,24,28). The van der Waals surface area contributed by atoms with Crippen molar-refractivity contribution >= 4 is 5.91 Å². The normalized spacial score (nSPS) is 12.9. The van der Waals surface area contributed by atoms with Crippen molar-refractivity contribution in [2.75, 3.05) is 26.2 Å². The van der Waals surface area contributed by atoms with Crippen LogP contribution in [0.2, 0.25) is 0 Å². The molecular formula is C19H26F3N5O2. The highest BCUT2D eigenvalue weighted by Crippen LogP contribution is 2.29. The molecule has 0 saturated carbocycles. The summed E-state index contributed by atoms with van der Waals surface area (Å²) in [4.78, 5) is 18.0. The molecule has 0 spiro atoms. The highest BCUT2D eigenvalue weighted by atomic mass is 19.4. The molecule has 0 radical (unpaired) electrons. The lowest BCUT2D eigenvalue weighted by molar-refractivity contribution is -0.159. The Bertz CT molecular complexity index is 777. The Balaban J connectivity index is 1.93.